The molecule has 6 amide bonds. The molecule has 30 heteroatoms. The van der Waals surface area contributed by atoms with E-state index in [0.717, 1.165) is 16.7 Å². The molecule has 0 aromatic heterocycles. The van der Waals surface area contributed by atoms with Crippen molar-refractivity contribution in [2.45, 2.75) is 221 Å². The lowest BCUT2D eigenvalue weighted by atomic mass is 10.1. The highest BCUT2D eigenvalue weighted by Crippen LogP contribution is 2.25. The summed E-state index contributed by atoms with van der Waals surface area (Å²) < 4.78 is 30.2. The number of carbonyl (C=O) groups excluding carboxylic acids is 9. The Labute approximate surface area is 601 Å². The third kappa shape index (κ3) is 34.6. The molecule has 0 bridgehead atoms. The van der Waals surface area contributed by atoms with Gasteiger partial charge in [-0.05, 0) is 132 Å². The lowest BCUT2D eigenvalue weighted by molar-refractivity contribution is -0.150. The first-order chi connectivity index (χ1) is 46.6. The van der Waals surface area contributed by atoms with Crippen LogP contribution in [-0.2, 0) is 81.6 Å². The zero-order chi connectivity index (χ0) is 75.3. The van der Waals surface area contributed by atoms with Crippen LogP contribution in [-0.4, -0.2) is 226 Å². The van der Waals surface area contributed by atoms with Gasteiger partial charge in [0.15, 0.2) is 0 Å². The average Bonchev–Trinajstić information content (AvgIpc) is 1.70. The van der Waals surface area contributed by atoms with Crippen LogP contribution in [0.3, 0.4) is 0 Å². The van der Waals surface area contributed by atoms with Crippen molar-refractivity contribution in [3.05, 3.63) is 108 Å². The molecule has 0 spiro atoms. The minimum Gasteiger partial charge on any atom is -0.480 e. The fourth-order valence-electron chi connectivity index (χ4n) is 10.4. The van der Waals surface area contributed by atoms with Crippen molar-refractivity contribution in [1.82, 2.24) is 46.2 Å². The molecule has 0 unspecified atom stereocenters. The van der Waals surface area contributed by atoms with Gasteiger partial charge in [0.2, 0.25) is 11.8 Å². The molecule has 3 aromatic carbocycles. The van der Waals surface area contributed by atoms with Crippen molar-refractivity contribution in [3.8, 4) is 0 Å². The van der Waals surface area contributed by atoms with Gasteiger partial charge < -0.3 is 86.5 Å². The highest BCUT2D eigenvalue weighted by atomic mass is 16.6. The van der Waals surface area contributed by atoms with Crippen LogP contribution in [0, 0.1) is 0 Å². The van der Waals surface area contributed by atoms with Crippen molar-refractivity contribution >= 4 is 65.8 Å². The third-order valence-corrected chi connectivity index (χ3v) is 14.8. The van der Waals surface area contributed by atoms with E-state index in [2.05, 4.69) is 26.6 Å². The zero-order valence-corrected chi connectivity index (χ0v) is 60.5. The van der Waals surface area contributed by atoms with Crippen LogP contribution in [0.4, 0.5) is 19.2 Å². The summed E-state index contributed by atoms with van der Waals surface area (Å²) in [4.78, 5) is 133. The number of amides is 6. The number of carbonyl (C=O) groups is 11. The molecular formula is C72H115N11O19. The van der Waals surface area contributed by atoms with E-state index in [-0.39, 0.29) is 89.2 Å². The quantitative estimate of drug-likeness (QED) is 0.0495. The Morgan fingerprint density at radius 2 is 0.745 bits per heavy atom. The molecule has 4 aliphatic heterocycles. The zero-order valence-electron chi connectivity index (χ0n) is 60.5. The summed E-state index contributed by atoms with van der Waals surface area (Å²) in [5, 5.41) is 32.9. The Morgan fingerprint density at radius 1 is 0.441 bits per heavy atom. The summed E-state index contributed by atoms with van der Waals surface area (Å²) in [5.74, 6) is -3.67. The lowest BCUT2D eigenvalue weighted by Crippen LogP contribution is -2.47. The maximum Gasteiger partial charge on any atom is 0.411 e. The first-order valence-corrected chi connectivity index (χ1v) is 33.0. The topological polar surface area (TPSA) is 409 Å². The van der Waals surface area contributed by atoms with Crippen LogP contribution >= 0.6 is 0 Å². The Hall–Kier alpha value is -8.97. The van der Waals surface area contributed by atoms with Gasteiger partial charge in [0, 0.05) is 70.0 Å². The molecule has 11 N–H and O–H groups in total. The fraction of sp³-hybridized carbons (Fsp3) is 0.597. The minimum atomic E-state index is -1.04. The van der Waals surface area contributed by atoms with E-state index < -0.39 is 94.8 Å². The predicted octanol–water partition coefficient (Wildman–Crippen LogP) is 6.34. The number of benzene rings is 3. The van der Waals surface area contributed by atoms with Crippen LogP contribution in [0.2, 0.25) is 0 Å². The second kappa shape index (κ2) is 43.1. The molecule has 30 nitrogen and oxygen atoms in total. The van der Waals surface area contributed by atoms with Gasteiger partial charge in [-0.15, -0.1) is 0 Å². The van der Waals surface area contributed by atoms with Crippen molar-refractivity contribution in [3.63, 3.8) is 0 Å². The number of nitrogens with one attached hydrogen (secondary N) is 5. The number of Topliss-reactive ketones (excluding diaryl/α,β-unsaturated/α-hetero) is 1. The number of ketones is 1. The number of hydrogen-bond donors (Lipinski definition) is 9. The van der Waals surface area contributed by atoms with E-state index in [0.29, 0.717) is 58.5 Å². The number of rotatable bonds is 18. The van der Waals surface area contributed by atoms with Gasteiger partial charge in [0.25, 0.3) is 0 Å². The summed E-state index contributed by atoms with van der Waals surface area (Å²) in [7, 11) is 2.63. The maximum atomic E-state index is 12.6. The fourth-order valence-corrected chi connectivity index (χ4v) is 10.4. The van der Waals surface area contributed by atoms with Crippen LogP contribution < -0.4 is 38.1 Å². The van der Waals surface area contributed by atoms with Gasteiger partial charge in [-0.2, -0.15) is 0 Å². The van der Waals surface area contributed by atoms with Gasteiger partial charge >= 0.3 is 48.3 Å². The molecule has 0 saturated carbocycles. The summed E-state index contributed by atoms with van der Waals surface area (Å²) in [6.45, 7) is 25.5. The van der Waals surface area contributed by atoms with Crippen molar-refractivity contribution in [2.24, 2.45) is 11.5 Å². The summed E-state index contributed by atoms with van der Waals surface area (Å²) in [6.07, 6.45) is -0.681. The number of hydrogen-bond acceptors (Lipinski definition) is 22. The monoisotopic (exact) mass is 1440 g/mol. The first-order valence-electron chi connectivity index (χ1n) is 33.0. The maximum absolute atomic E-state index is 12.6. The minimum absolute atomic E-state index is 0. The largest absolute Gasteiger partial charge is 0.480 e. The summed E-state index contributed by atoms with van der Waals surface area (Å²) >= 11 is 0. The molecular weight excluding hydrogens is 1320 g/mol. The Morgan fingerprint density at radius 3 is 1.07 bits per heavy atom. The molecule has 0 radical (unpaired) electrons. The molecule has 0 aliphatic carbocycles. The number of alkyl carbamates (subject to hydrolysis) is 2. The van der Waals surface area contributed by atoms with E-state index >= 15 is 0 Å². The second-order valence-corrected chi connectivity index (χ2v) is 28.2. The first kappa shape index (κ1) is 91.0. The van der Waals surface area contributed by atoms with E-state index in [1.54, 1.807) is 83.1 Å². The predicted molar refractivity (Wildman–Crippen MR) is 383 cm³/mol. The smallest absolute Gasteiger partial charge is 0.411 e. The number of nitrogens with two attached hydrogens (primary N) is 2. The molecule has 102 heavy (non-hydrogen) atoms. The number of carboxylic acid groups (broad SMARTS) is 2. The van der Waals surface area contributed by atoms with Gasteiger partial charge in [0.1, 0.15) is 58.9 Å². The highest BCUT2D eigenvalue weighted by Gasteiger charge is 2.44. The number of nitrogens with zero attached hydrogens (tertiary/aromatic N) is 4. The summed E-state index contributed by atoms with van der Waals surface area (Å²) in [5.41, 5.74) is 12.0. The van der Waals surface area contributed by atoms with Crippen LogP contribution in [0.25, 0.3) is 0 Å². The van der Waals surface area contributed by atoms with Crippen LogP contribution in [0.5, 0.6) is 0 Å². The number of methoxy groups -OCH3 is 2. The highest BCUT2D eigenvalue weighted by molar-refractivity contribution is 5.88. The van der Waals surface area contributed by atoms with Crippen molar-refractivity contribution in [2.75, 3.05) is 60.0 Å². The Bertz CT molecular complexity index is 3140. The molecule has 572 valence electrons. The lowest BCUT2D eigenvalue weighted by Gasteiger charge is -2.27. The molecule has 4 heterocycles. The van der Waals surface area contributed by atoms with E-state index in [4.69, 9.17) is 50.1 Å². The van der Waals surface area contributed by atoms with Crippen LogP contribution in [0.15, 0.2) is 91.0 Å². The SMILES string of the molecule is C.C.CC(=O)CNC(=O)OC(C)(C)C.CC(C)(C)OC(=O)N1C[C@H](N)C[C@H]1C(=O)O.COC(=O)[C@@H]1C[C@@H](NCc2ccccc2)CN1C(=O)CNC(=O)OC(C)(C)C.COC(=O)[C@@H]1C[C@@H](NCc2ccccc2)CN1C(=O)OC(C)(C)C.NCC(=O)N1C[C@H](NCc2ccccc2)C[C@H]1C(=O)O. The Kier molecular flexibility index (Phi) is 38.5. The Balaban J connectivity index is 0.000000651. The molecule has 3 aromatic rings. The molecule has 4 fully saturated rings. The number of aliphatic carboxylic acids is 2. The number of esters is 2. The van der Waals surface area contributed by atoms with Crippen molar-refractivity contribution in [1.29, 1.82) is 0 Å². The van der Waals surface area contributed by atoms with Crippen molar-refractivity contribution < 1.29 is 91.4 Å². The van der Waals surface area contributed by atoms with E-state index in [9.17, 15) is 52.7 Å². The molecule has 7 rings (SSSR count). The number of likely N-dealkylation sites (tertiary alicyclic amines) is 4. The number of ether oxygens (including phenoxy) is 6. The van der Waals surface area contributed by atoms with Gasteiger partial charge in [0.05, 0.1) is 27.3 Å². The molecule has 4 saturated heterocycles. The van der Waals surface area contributed by atoms with Crippen LogP contribution in [0.1, 0.15) is 147 Å². The third-order valence-electron chi connectivity index (χ3n) is 14.8. The standard InChI is InChI=1S/C20H29N3O5.C18H26N2O4.C14H19N3O3.C10H18N2O4.C8H15NO3.2CH4/c1-20(2,3)28-19(26)22-12-17(24)23-13-15(10-16(23)18(25)27-4)21-11-14-8-6-5-7-9-14;1-18(2,3)24-17(22)20-12-14(10-15(20)16(21)23-4)19-11-13-8-6-5-7-9-13;15-7-13(18)17-9-11(6-12(17)14(19)20)16-8-10-4-2-1-3-5-10;1-10(2,3)16-9(15)12-5-6(11)4-7(12)8(13)14;1-6(10)5-9-7(11)12-8(2,3)4;;/h5-9,15-16,21H,10-13H2,1-4H3,(H,22,26);5-9,14-15,19H,10-12H2,1-4H3;1-5,11-12,16H,6-9,15H2,(H,19,20);6-7H,4-5,11H2,1-3H3,(H,13,14);5H2,1-4H3,(H,9,11);2*1H4/t15-,16+;14-,15+;11-,12+;6-,7+;;;/m1111.../s1. The second-order valence-electron chi connectivity index (χ2n) is 28.2. The van der Waals surface area contributed by atoms with E-state index in [1.165, 1.54) is 40.7 Å². The average molecular weight is 1440 g/mol. The van der Waals surface area contributed by atoms with Gasteiger partial charge in [-0.1, -0.05) is 106 Å². The van der Waals surface area contributed by atoms with Gasteiger partial charge in [-0.25, -0.2) is 38.4 Å². The van der Waals surface area contributed by atoms with E-state index in [1.807, 2.05) is 91.0 Å². The normalized spacial score (nSPS) is 19.7. The number of carboxylic acids is 2. The molecule has 8 atom stereocenters. The molecule has 4 aliphatic rings. The summed E-state index contributed by atoms with van der Waals surface area (Å²) in [6, 6.07) is 26.4. The van der Waals surface area contributed by atoms with Gasteiger partial charge in [-0.3, -0.25) is 24.2 Å².